The molecule has 0 aliphatic heterocycles. The van der Waals surface area contributed by atoms with Crippen LogP contribution in [0.3, 0.4) is 0 Å². The number of rotatable bonds is 3. The molecule has 0 spiro atoms. The number of hydrogen-bond acceptors (Lipinski definition) is 2. The van der Waals surface area contributed by atoms with Crippen molar-refractivity contribution in [2.45, 2.75) is 4.84 Å². The number of benzene rings is 1. The minimum absolute atomic E-state index is 0.369. The van der Waals surface area contributed by atoms with E-state index in [4.69, 9.17) is 27.9 Å². The number of alkyl halides is 2. The summed E-state index contributed by atoms with van der Waals surface area (Å²) in [5, 5.41) is 0. The van der Waals surface area contributed by atoms with Gasteiger partial charge in [0.25, 0.3) is 0 Å². The van der Waals surface area contributed by atoms with Crippen molar-refractivity contribution < 1.29 is 9.53 Å². The van der Waals surface area contributed by atoms with Crippen molar-refractivity contribution >= 4 is 44.9 Å². The predicted octanol–water partition coefficient (Wildman–Crippen LogP) is 3.44. The first kappa shape index (κ1) is 11.8. The molecule has 1 aromatic rings. The summed E-state index contributed by atoms with van der Waals surface area (Å²) in [6, 6.07) is 5.07. The van der Waals surface area contributed by atoms with Crippen LogP contribution in [0.25, 0.3) is 0 Å². The second-order valence-corrected chi connectivity index (χ2v) is 4.52. The van der Waals surface area contributed by atoms with Gasteiger partial charge < -0.3 is 4.74 Å². The van der Waals surface area contributed by atoms with Gasteiger partial charge in [0.1, 0.15) is 5.75 Å². The molecule has 0 N–H and O–H groups in total. The SMILES string of the molecule is COc1ccc(Br)cc1C(=O)C(Cl)Cl. The maximum absolute atomic E-state index is 11.5. The summed E-state index contributed by atoms with van der Waals surface area (Å²) in [7, 11) is 1.48. The van der Waals surface area contributed by atoms with E-state index in [0.717, 1.165) is 4.47 Å². The van der Waals surface area contributed by atoms with Gasteiger partial charge in [-0.05, 0) is 18.2 Å². The molecule has 0 saturated heterocycles. The number of methoxy groups -OCH3 is 1. The Labute approximate surface area is 100 Å². The molecule has 0 saturated carbocycles. The monoisotopic (exact) mass is 296 g/mol. The van der Waals surface area contributed by atoms with Crippen molar-refractivity contribution in [2.75, 3.05) is 7.11 Å². The number of carbonyl (C=O) groups excluding carboxylic acids is 1. The second kappa shape index (κ2) is 5.01. The van der Waals surface area contributed by atoms with E-state index in [-0.39, 0.29) is 5.78 Å². The molecule has 0 radical (unpaired) electrons. The maximum Gasteiger partial charge on any atom is 0.199 e. The highest BCUT2D eigenvalue weighted by Gasteiger charge is 2.18. The van der Waals surface area contributed by atoms with E-state index in [1.54, 1.807) is 18.2 Å². The van der Waals surface area contributed by atoms with Crippen molar-refractivity contribution in [1.82, 2.24) is 0 Å². The maximum atomic E-state index is 11.5. The Hall–Kier alpha value is -0.250. The number of ketones is 1. The van der Waals surface area contributed by atoms with Crippen LogP contribution in [-0.2, 0) is 0 Å². The van der Waals surface area contributed by atoms with E-state index in [0.29, 0.717) is 11.3 Å². The smallest absolute Gasteiger partial charge is 0.199 e. The van der Waals surface area contributed by atoms with E-state index in [2.05, 4.69) is 15.9 Å². The number of hydrogen-bond donors (Lipinski definition) is 0. The summed E-state index contributed by atoms with van der Waals surface area (Å²) in [4.78, 5) is 10.4. The molecule has 5 heteroatoms. The molecule has 0 atom stereocenters. The summed E-state index contributed by atoms with van der Waals surface area (Å²) < 4.78 is 5.79. The molecule has 14 heavy (non-hydrogen) atoms. The first-order valence-corrected chi connectivity index (χ1v) is 5.38. The Morgan fingerprint density at radius 3 is 2.64 bits per heavy atom. The van der Waals surface area contributed by atoms with E-state index in [1.807, 2.05) is 0 Å². The van der Waals surface area contributed by atoms with Crippen molar-refractivity contribution in [2.24, 2.45) is 0 Å². The molecule has 1 aromatic carbocycles. The molecule has 0 unspecified atom stereocenters. The van der Waals surface area contributed by atoms with Gasteiger partial charge in [-0.2, -0.15) is 0 Å². The van der Waals surface area contributed by atoms with Crippen LogP contribution in [0.1, 0.15) is 10.4 Å². The van der Waals surface area contributed by atoms with Crippen LogP contribution in [0.2, 0.25) is 0 Å². The average molecular weight is 298 g/mol. The van der Waals surface area contributed by atoms with Gasteiger partial charge in [-0.1, -0.05) is 39.1 Å². The molecule has 0 aliphatic rings. The van der Waals surface area contributed by atoms with Crippen molar-refractivity contribution in [3.05, 3.63) is 28.2 Å². The second-order valence-electron chi connectivity index (χ2n) is 2.51. The highest BCUT2D eigenvalue weighted by atomic mass is 79.9. The van der Waals surface area contributed by atoms with E-state index < -0.39 is 4.84 Å². The van der Waals surface area contributed by atoms with Gasteiger partial charge in [-0.25, -0.2) is 0 Å². The van der Waals surface area contributed by atoms with Crippen LogP contribution < -0.4 is 4.74 Å². The number of halogens is 3. The van der Waals surface area contributed by atoms with Gasteiger partial charge in [0, 0.05) is 4.47 Å². The van der Waals surface area contributed by atoms with Gasteiger partial charge in [0.15, 0.2) is 10.6 Å². The molecule has 1 rings (SSSR count). The lowest BCUT2D eigenvalue weighted by atomic mass is 10.1. The fourth-order valence-corrected chi connectivity index (χ4v) is 1.59. The minimum atomic E-state index is -1.07. The predicted molar refractivity (Wildman–Crippen MR) is 60.5 cm³/mol. The van der Waals surface area contributed by atoms with Gasteiger partial charge in [-0.3, -0.25) is 4.79 Å². The van der Waals surface area contributed by atoms with Gasteiger partial charge >= 0.3 is 0 Å². The number of ether oxygens (including phenoxy) is 1. The Balaban J connectivity index is 3.17. The average Bonchev–Trinajstić information content (AvgIpc) is 2.16. The summed E-state index contributed by atoms with van der Waals surface area (Å²) in [5.74, 6) is 0.0935. The third-order valence-electron chi connectivity index (χ3n) is 1.63. The van der Waals surface area contributed by atoms with E-state index >= 15 is 0 Å². The highest BCUT2D eigenvalue weighted by Crippen LogP contribution is 2.25. The van der Waals surface area contributed by atoms with Crippen molar-refractivity contribution in [3.63, 3.8) is 0 Å². The number of Topliss-reactive ketones (excluding diaryl/α,β-unsaturated/α-hetero) is 1. The van der Waals surface area contributed by atoms with Crippen LogP contribution in [0.15, 0.2) is 22.7 Å². The molecule has 0 heterocycles. The molecule has 76 valence electrons. The van der Waals surface area contributed by atoms with Gasteiger partial charge in [0.2, 0.25) is 0 Å². The molecular weight excluding hydrogens is 291 g/mol. The zero-order valence-corrected chi connectivity index (χ0v) is 10.4. The van der Waals surface area contributed by atoms with E-state index in [9.17, 15) is 4.79 Å². The third kappa shape index (κ3) is 2.62. The largest absolute Gasteiger partial charge is 0.496 e. The Morgan fingerprint density at radius 2 is 2.14 bits per heavy atom. The van der Waals surface area contributed by atoms with Crippen LogP contribution in [0.4, 0.5) is 0 Å². The third-order valence-corrected chi connectivity index (χ3v) is 2.51. The Bertz CT molecular complexity index is 353. The molecule has 2 nitrogen and oxygen atoms in total. The van der Waals surface area contributed by atoms with Gasteiger partial charge in [-0.15, -0.1) is 0 Å². The summed E-state index contributed by atoms with van der Waals surface area (Å²) in [6.07, 6.45) is 0. The van der Waals surface area contributed by atoms with Crippen LogP contribution >= 0.6 is 39.1 Å². The van der Waals surface area contributed by atoms with Crippen LogP contribution in [0.5, 0.6) is 5.75 Å². The lowest BCUT2D eigenvalue weighted by Gasteiger charge is -2.08. The lowest BCUT2D eigenvalue weighted by molar-refractivity contribution is 0.100. The van der Waals surface area contributed by atoms with Crippen molar-refractivity contribution in [1.29, 1.82) is 0 Å². The molecular formula is C9H7BrCl2O2. The summed E-state index contributed by atoms with van der Waals surface area (Å²) >= 11 is 14.2. The van der Waals surface area contributed by atoms with Crippen molar-refractivity contribution in [3.8, 4) is 5.75 Å². The summed E-state index contributed by atoms with van der Waals surface area (Å²) in [5.41, 5.74) is 0.372. The Kier molecular flexibility index (Phi) is 4.23. The molecule has 0 fully saturated rings. The van der Waals surface area contributed by atoms with Crippen LogP contribution in [-0.4, -0.2) is 17.7 Å². The number of carbonyl (C=O) groups is 1. The lowest BCUT2D eigenvalue weighted by Crippen LogP contribution is -2.09. The fraction of sp³-hybridized carbons (Fsp3) is 0.222. The topological polar surface area (TPSA) is 26.3 Å². The minimum Gasteiger partial charge on any atom is -0.496 e. The quantitative estimate of drug-likeness (QED) is 0.631. The van der Waals surface area contributed by atoms with Crippen LogP contribution in [0, 0.1) is 0 Å². The molecule has 0 amide bonds. The van der Waals surface area contributed by atoms with E-state index in [1.165, 1.54) is 7.11 Å². The molecule has 0 aromatic heterocycles. The zero-order valence-electron chi connectivity index (χ0n) is 7.26. The first-order chi connectivity index (χ1) is 6.56. The summed E-state index contributed by atoms with van der Waals surface area (Å²) in [6.45, 7) is 0. The standard InChI is InChI=1S/C9H7BrCl2O2/c1-14-7-3-2-5(10)4-6(7)8(13)9(11)12/h2-4,9H,1H3. The zero-order chi connectivity index (χ0) is 10.7. The molecule has 0 bridgehead atoms. The molecule has 0 aliphatic carbocycles. The first-order valence-electron chi connectivity index (χ1n) is 3.72. The normalized spacial score (nSPS) is 10.4. The van der Waals surface area contributed by atoms with Gasteiger partial charge in [0.05, 0.1) is 12.7 Å². The highest BCUT2D eigenvalue weighted by molar-refractivity contribution is 9.10. The Morgan fingerprint density at radius 1 is 1.50 bits per heavy atom. The fourth-order valence-electron chi connectivity index (χ4n) is 0.990.